The van der Waals surface area contributed by atoms with E-state index in [-0.39, 0.29) is 6.61 Å². The summed E-state index contributed by atoms with van der Waals surface area (Å²) in [6, 6.07) is -0.568. The zero-order chi connectivity index (χ0) is 9.35. The fourth-order valence-corrected chi connectivity index (χ4v) is 1.48. The van der Waals surface area contributed by atoms with Gasteiger partial charge in [-0.1, -0.05) is 0 Å². The van der Waals surface area contributed by atoms with Gasteiger partial charge in [0.05, 0.1) is 18.8 Å². The highest BCUT2D eigenvalue weighted by molar-refractivity contribution is 4.97. The molecule has 4 atom stereocenters. The van der Waals surface area contributed by atoms with Crippen molar-refractivity contribution in [1.29, 1.82) is 0 Å². The minimum Gasteiger partial charge on any atom is -0.389 e. The first-order valence-electron chi connectivity index (χ1n) is 3.87. The number of nitrogens with one attached hydrogen (secondary N) is 1. The second-order valence-corrected chi connectivity index (χ2v) is 3.25. The Morgan fingerprint density at radius 3 is 2.50 bits per heavy atom. The largest absolute Gasteiger partial charge is 0.389 e. The molecular formula is C7H15NO4. The highest BCUT2D eigenvalue weighted by Gasteiger charge is 2.46. The van der Waals surface area contributed by atoms with Gasteiger partial charge in [0, 0.05) is 0 Å². The van der Waals surface area contributed by atoms with Crippen LogP contribution in [-0.4, -0.2) is 53.0 Å². The second-order valence-electron chi connectivity index (χ2n) is 3.25. The van der Waals surface area contributed by atoms with E-state index in [1.807, 2.05) is 0 Å². The molecule has 1 rings (SSSR count). The van der Waals surface area contributed by atoms with Gasteiger partial charge in [-0.3, -0.25) is 0 Å². The number of rotatable bonds is 1. The van der Waals surface area contributed by atoms with Gasteiger partial charge < -0.3 is 25.4 Å². The van der Waals surface area contributed by atoms with Crippen LogP contribution in [0, 0.1) is 0 Å². The molecule has 0 aromatic rings. The molecule has 1 heterocycles. The Morgan fingerprint density at radius 1 is 1.50 bits per heavy atom. The number of hydrogen-bond acceptors (Lipinski definition) is 5. The van der Waals surface area contributed by atoms with E-state index >= 15 is 0 Å². The molecule has 1 aliphatic heterocycles. The summed E-state index contributed by atoms with van der Waals surface area (Å²) in [6.07, 6.45) is -2.05. The molecule has 0 bridgehead atoms. The van der Waals surface area contributed by atoms with Crippen molar-refractivity contribution in [2.24, 2.45) is 0 Å². The van der Waals surface area contributed by atoms with Crippen LogP contribution < -0.4 is 5.32 Å². The minimum atomic E-state index is -1.45. The van der Waals surface area contributed by atoms with Gasteiger partial charge >= 0.3 is 0 Å². The van der Waals surface area contributed by atoms with Crippen molar-refractivity contribution in [3.8, 4) is 0 Å². The van der Waals surface area contributed by atoms with E-state index in [1.165, 1.54) is 6.92 Å². The van der Waals surface area contributed by atoms with Crippen LogP contribution in [0.2, 0.25) is 0 Å². The lowest BCUT2D eigenvalue weighted by Crippen LogP contribution is -2.65. The zero-order valence-corrected chi connectivity index (χ0v) is 7.19. The Kier molecular flexibility index (Phi) is 2.70. The maximum Gasteiger partial charge on any atom is 0.185 e. The molecule has 0 aromatic heterocycles. The van der Waals surface area contributed by atoms with Crippen molar-refractivity contribution in [2.75, 3.05) is 13.7 Å². The fourth-order valence-electron chi connectivity index (χ4n) is 1.48. The highest BCUT2D eigenvalue weighted by atomic mass is 16.6. The van der Waals surface area contributed by atoms with Gasteiger partial charge in [-0.05, 0) is 14.0 Å². The van der Waals surface area contributed by atoms with Crippen LogP contribution in [0.3, 0.4) is 0 Å². The van der Waals surface area contributed by atoms with Crippen LogP contribution in [0.5, 0.6) is 0 Å². The predicted molar refractivity (Wildman–Crippen MR) is 41.4 cm³/mol. The summed E-state index contributed by atoms with van der Waals surface area (Å²) in [6.45, 7) is 1.45. The standard InChI is InChI=1S/C7H15NO4/c1-7(11)5(8-2)4(9)3-12-6(7)10/h4-6,8-11H,3H2,1-2H3/t4-,5+,6-,7+/m0/s1. The molecule has 0 amide bonds. The van der Waals surface area contributed by atoms with Gasteiger partial charge in [0.1, 0.15) is 5.60 Å². The van der Waals surface area contributed by atoms with E-state index in [9.17, 15) is 15.3 Å². The average Bonchev–Trinajstić information content (AvgIpc) is 1.98. The molecule has 0 unspecified atom stereocenters. The number of likely N-dealkylation sites (N-methyl/N-ethyl adjacent to an activating group) is 1. The van der Waals surface area contributed by atoms with Crippen molar-refractivity contribution in [3.63, 3.8) is 0 Å². The number of aliphatic hydroxyl groups excluding tert-OH is 2. The molecule has 5 nitrogen and oxygen atoms in total. The first-order valence-corrected chi connectivity index (χ1v) is 3.87. The molecule has 12 heavy (non-hydrogen) atoms. The Balaban J connectivity index is 2.76. The molecule has 0 aliphatic carbocycles. The molecule has 1 saturated heterocycles. The van der Waals surface area contributed by atoms with Gasteiger partial charge in [-0.15, -0.1) is 0 Å². The van der Waals surface area contributed by atoms with Crippen molar-refractivity contribution >= 4 is 0 Å². The van der Waals surface area contributed by atoms with Gasteiger partial charge in [0.2, 0.25) is 0 Å². The Labute approximate surface area is 71.0 Å². The molecule has 72 valence electrons. The van der Waals surface area contributed by atoms with Crippen LogP contribution in [0.15, 0.2) is 0 Å². The van der Waals surface area contributed by atoms with E-state index in [1.54, 1.807) is 7.05 Å². The molecule has 5 heteroatoms. The fraction of sp³-hybridized carbons (Fsp3) is 1.00. The number of ether oxygens (including phenoxy) is 1. The summed E-state index contributed by atoms with van der Waals surface area (Å²) in [7, 11) is 1.61. The summed E-state index contributed by atoms with van der Waals surface area (Å²) in [5.41, 5.74) is -1.45. The van der Waals surface area contributed by atoms with Crippen molar-refractivity contribution in [1.82, 2.24) is 5.32 Å². The van der Waals surface area contributed by atoms with Crippen LogP contribution in [0.4, 0.5) is 0 Å². The monoisotopic (exact) mass is 177 g/mol. The molecule has 0 radical (unpaired) electrons. The molecule has 1 aliphatic rings. The van der Waals surface area contributed by atoms with Gasteiger partial charge in [-0.25, -0.2) is 0 Å². The normalized spacial score (nSPS) is 49.2. The van der Waals surface area contributed by atoms with Crippen molar-refractivity contribution in [3.05, 3.63) is 0 Å². The quantitative estimate of drug-likeness (QED) is 0.374. The van der Waals surface area contributed by atoms with Gasteiger partial charge in [-0.2, -0.15) is 0 Å². The second kappa shape index (κ2) is 3.27. The molecule has 1 fully saturated rings. The summed E-state index contributed by atoms with van der Waals surface area (Å²) in [5.74, 6) is 0. The summed E-state index contributed by atoms with van der Waals surface area (Å²) >= 11 is 0. The Morgan fingerprint density at radius 2 is 2.08 bits per heavy atom. The topological polar surface area (TPSA) is 82.0 Å². The SMILES string of the molecule is CN[C@@H]1[C@@H](O)CO[C@H](O)[C@]1(C)O. The zero-order valence-electron chi connectivity index (χ0n) is 7.19. The van der Waals surface area contributed by atoms with Crippen LogP contribution >= 0.6 is 0 Å². The van der Waals surface area contributed by atoms with Crippen LogP contribution in [0.25, 0.3) is 0 Å². The minimum absolute atomic E-state index is 0.0306. The third-order valence-electron chi connectivity index (χ3n) is 2.25. The lowest BCUT2D eigenvalue weighted by molar-refractivity contribution is -0.266. The Bertz CT molecular complexity index is 161. The van der Waals surface area contributed by atoms with Crippen LogP contribution in [0.1, 0.15) is 6.92 Å². The first kappa shape index (κ1) is 9.88. The molecule has 4 N–H and O–H groups in total. The summed E-state index contributed by atoms with van der Waals surface area (Å²) in [5, 5.41) is 31.0. The first-order chi connectivity index (χ1) is 5.50. The smallest absolute Gasteiger partial charge is 0.185 e. The lowest BCUT2D eigenvalue weighted by Gasteiger charge is -2.43. The number of aliphatic hydroxyl groups is 3. The van der Waals surface area contributed by atoms with Crippen molar-refractivity contribution in [2.45, 2.75) is 31.0 Å². The van der Waals surface area contributed by atoms with E-state index in [2.05, 4.69) is 5.32 Å². The molecule has 0 aromatic carbocycles. The predicted octanol–water partition coefficient (Wildman–Crippen LogP) is -1.97. The third kappa shape index (κ3) is 1.46. The van der Waals surface area contributed by atoms with Crippen molar-refractivity contribution < 1.29 is 20.1 Å². The molecule has 0 saturated carbocycles. The molecule has 0 spiro atoms. The summed E-state index contributed by atoms with van der Waals surface area (Å²) in [4.78, 5) is 0. The van der Waals surface area contributed by atoms with E-state index in [0.717, 1.165) is 0 Å². The third-order valence-corrected chi connectivity index (χ3v) is 2.25. The van der Waals surface area contributed by atoms with E-state index in [4.69, 9.17) is 4.74 Å². The van der Waals surface area contributed by atoms with Gasteiger partial charge in [0.25, 0.3) is 0 Å². The van der Waals surface area contributed by atoms with Crippen LogP contribution in [-0.2, 0) is 4.74 Å². The van der Waals surface area contributed by atoms with E-state index in [0.29, 0.717) is 0 Å². The van der Waals surface area contributed by atoms with E-state index < -0.39 is 24.0 Å². The Hall–Kier alpha value is -0.200. The average molecular weight is 177 g/mol. The summed E-state index contributed by atoms with van der Waals surface area (Å²) < 4.78 is 4.75. The maximum atomic E-state index is 9.68. The highest BCUT2D eigenvalue weighted by Crippen LogP contribution is 2.23. The number of hydrogen-bond donors (Lipinski definition) is 4. The lowest BCUT2D eigenvalue weighted by atomic mass is 9.89. The maximum absolute atomic E-state index is 9.68. The molecular weight excluding hydrogens is 162 g/mol. The van der Waals surface area contributed by atoms with Gasteiger partial charge in [0.15, 0.2) is 6.29 Å².